The van der Waals surface area contributed by atoms with Gasteiger partial charge in [0.05, 0.1) is 17.7 Å². The number of aromatic nitrogens is 1. The average Bonchev–Trinajstić information content (AvgIpc) is 2.84. The van der Waals surface area contributed by atoms with Crippen LogP contribution in [0.3, 0.4) is 0 Å². The normalized spacial score (nSPS) is 11.4. The van der Waals surface area contributed by atoms with E-state index in [1.807, 2.05) is 24.3 Å². The van der Waals surface area contributed by atoms with Gasteiger partial charge in [0.2, 0.25) is 0 Å². The van der Waals surface area contributed by atoms with Crippen LogP contribution < -0.4 is 10.5 Å². The molecular weight excluding hydrogens is 270 g/mol. The van der Waals surface area contributed by atoms with Crippen molar-refractivity contribution in [2.24, 2.45) is 5.73 Å². The zero-order valence-electron chi connectivity index (χ0n) is 12.2. The number of benzene rings is 1. The third-order valence-electron chi connectivity index (χ3n) is 2.92. The van der Waals surface area contributed by atoms with Gasteiger partial charge in [0.25, 0.3) is 0 Å². The lowest BCUT2D eigenvalue weighted by atomic mass is 9.91. The molecule has 2 aromatic rings. The van der Waals surface area contributed by atoms with Crippen LogP contribution in [0, 0.1) is 5.41 Å². The molecule has 0 saturated carbocycles. The molecule has 0 aliphatic carbocycles. The molecule has 4 nitrogen and oxygen atoms in total. The van der Waals surface area contributed by atoms with Crippen LogP contribution in [-0.2, 0) is 5.41 Å². The second-order valence-electron chi connectivity index (χ2n) is 5.59. The van der Waals surface area contributed by atoms with Crippen LogP contribution in [0.15, 0.2) is 24.3 Å². The number of nitrogens with one attached hydrogen (secondary N) is 1. The molecule has 1 aromatic heterocycles. The Morgan fingerprint density at radius 1 is 1.25 bits per heavy atom. The fourth-order valence-electron chi connectivity index (χ4n) is 1.87. The standard InChI is InChI=1S/C15H19N3OS/c1-15(2,3)12-11(13(16)17)20-14(18-12)9-5-7-10(19-4)8-6-9/h5-8H,1-4H3,(H3,16,17). The lowest BCUT2D eigenvalue weighted by Gasteiger charge is -2.16. The Kier molecular flexibility index (Phi) is 3.81. The average molecular weight is 289 g/mol. The van der Waals surface area contributed by atoms with E-state index in [0.29, 0.717) is 0 Å². The maximum atomic E-state index is 7.72. The Labute approximate surface area is 123 Å². The lowest BCUT2D eigenvalue weighted by Crippen LogP contribution is -2.19. The van der Waals surface area contributed by atoms with E-state index in [-0.39, 0.29) is 11.3 Å². The summed E-state index contributed by atoms with van der Waals surface area (Å²) in [5, 5.41) is 8.60. The second kappa shape index (κ2) is 5.25. The number of nitrogens with two attached hydrogens (primary N) is 1. The van der Waals surface area contributed by atoms with Gasteiger partial charge in [-0.3, -0.25) is 5.41 Å². The van der Waals surface area contributed by atoms with E-state index in [9.17, 15) is 0 Å². The third kappa shape index (κ3) is 2.82. The van der Waals surface area contributed by atoms with Gasteiger partial charge in [-0.1, -0.05) is 20.8 Å². The van der Waals surface area contributed by atoms with Gasteiger partial charge in [-0.2, -0.15) is 0 Å². The molecule has 1 heterocycles. The van der Waals surface area contributed by atoms with E-state index < -0.39 is 0 Å². The highest BCUT2D eigenvalue weighted by Crippen LogP contribution is 2.34. The summed E-state index contributed by atoms with van der Waals surface area (Å²) in [6.07, 6.45) is 0. The smallest absolute Gasteiger partial charge is 0.135 e. The molecule has 0 fully saturated rings. The molecule has 3 N–H and O–H groups in total. The van der Waals surface area contributed by atoms with Gasteiger partial charge in [0.1, 0.15) is 16.6 Å². The fraction of sp³-hybridized carbons (Fsp3) is 0.333. The quantitative estimate of drug-likeness (QED) is 0.672. The van der Waals surface area contributed by atoms with Crippen molar-refractivity contribution < 1.29 is 4.74 Å². The minimum Gasteiger partial charge on any atom is -0.497 e. The molecule has 0 aliphatic rings. The van der Waals surface area contributed by atoms with Gasteiger partial charge < -0.3 is 10.5 Å². The first kappa shape index (κ1) is 14.5. The van der Waals surface area contributed by atoms with Gasteiger partial charge in [0.15, 0.2) is 0 Å². The predicted molar refractivity (Wildman–Crippen MR) is 83.8 cm³/mol. The van der Waals surface area contributed by atoms with Crippen LogP contribution in [0.1, 0.15) is 31.3 Å². The number of rotatable bonds is 3. The largest absolute Gasteiger partial charge is 0.497 e. The number of nitrogens with zero attached hydrogens (tertiary/aromatic N) is 1. The molecule has 0 atom stereocenters. The third-order valence-corrected chi connectivity index (χ3v) is 4.06. The molecule has 0 unspecified atom stereocenters. The van der Waals surface area contributed by atoms with E-state index in [1.165, 1.54) is 11.3 Å². The summed E-state index contributed by atoms with van der Waals surface area (Å²) in [5.41, 5.74) is 7.43. The first-order valence-electron chi connectivity index (χ1n) is 6.33. The van der Waals surface area contributed by atoms with E-state index in [0.717, 1.165) is 26.9 Å². The van der Waals surface area contributed by atoms with Gasteiger partial charge in [0, 0.05) is 11.0 Å². The first-order valence-corrected chi connectivity index (χ1v) is 7.14. The molecule has 0 spiro atoms. The van der Waals surface area contributed by atoms with Gasteiger partial charge in [-0.15, -0.1) is 11.3 Å². The number of thiazole rings is 1. The van der Waals surface area contributed by atoms with Crippen molar-refractivity contribution >= 4 is 17.2 Å². The highest BCUT2D eigenvalue weighted by atomic mass is 32.1. The van der Waals surface area contributed by atoms with Crippen molar-refractivity contribution in [2.45, 2.75) is 26.2 Å². The first-order chi connectivity index (χ1) is 9.32. The minimum atomic E-state index is -0.137. The lowest BCUT2D eigenvalue weighted by molar-refractivity contribution is 0.415. The summed E-state index contributed by atoms with van der Waals surface area (Å²) in [4.78, 5) is 5.44. The zero-order chi connectivity index (χ0) is 14.9. The molecule has 0 saturated heterocycles. The molecule has 0 aliphatic heterocycles. The number of hydrogen-bond acceptors (Lipinski definition) is 4. The second-order valence-corrected chi connectivity index (χ2v) is 6.59. The molecular formula is C15H19N3OS. The van der Waals surface area contributed by atoms with Crippen molar-refractivity contribution in [1.82, 2.24) is 4.98 Å². The summed E-state index contributed by atoms with van der Waals surface area (Å²) in [6, 6.07) is 7.74. The van der Waals surface area contributed by atoms with Crippen molar-refractivity contribution in [2.75, 3.05) is 7.11 Å². The number of nitrogen functional groups attached to an aromatic ring is 1. The maximum Gasteiger partial charge on any atom is 0.135 e. The topological polar surface area (TPSA) is 72.0 Å². The predicted octanol–water partition coefficient (Wildman–Crippen LogP) is 3.40. The number of hydrogen-bond donors (Lipinski definition) is 2. The Morgan fingerprint density at radius 3 is 2.25 bits per heavy atom. The molecule has 1 aromatic carbocycles. The number of amidine groups is 1. The molecule has 2 rings (SSSR count). The van der Waals surface area contributed by atoms with Crippen LogP contribution in [0.4, 0.5) is 0 Å². The van der Waals surface area contributed by atoms with E-state index in [1.54, 1.807) is 7.11 Å². The highest BCUT2D eigenvalue weighted by molar-refractivity contribution is 7.17. The van der Waals surface area contributed by atoms with Crippen molar-refractivity contribution in [3.63, 3.8) is 0 Å². The van der Waals surface area contributed by atoms with Crippen molar-refractivity contribution in [1.29, 1.82) is 5.41 Å². The van der Waals surface area contributed by atoms with Crippen LogP contribution in [0.25, 0.3) is 10.6 Å². The Bertz CT molecular complexity index is 624. The summed E-state index contributed by atoms with van der Waals surface area (Å²) < 4.78 is 5.16. The SMILES string of the molecule is COc1ccc(-c2nc(C(C)(C)C)c(C(=N)N)s2)cc1. The summed E-state index contributed by atoms with van der Waals surface area (Å²) in [5.74, 6) is 0.889. The zero-order valence-corrected chi connectivity index (χ0v) is 13.0. The Balaban J connectivity index is 2.50. The fourth-order valence-corrected chi connectivity index (χ4v) is 3.01. The van der Waals surface area contributed by atoms with Crippen LogP contribution in [-0.4, -0.2) is 17.9 Å². The van der Waals surface area contributed by atoms with Gasteiger partial charge in [-0.05, 0) is 24.3 Å². The minimum absolute atomic E-state index is 0.0761. The van der Waals surface area contributed by atoms with Crippen molar-refractivity contribution in [3.8, 4) is 16.3 Å². The highest BCUT2D eigenvalue weighted by Gasteiger charge is 2.25. The van der Waals surface area contributed by atoms with E-state index in [4.69, 9.17) is 15.9 Å². The Morgan fingerprint density at radius 2 is 1.85 bits per heavy atom. The summed E-state index contributed by atoms with van der Waals surface area (Å²) in [6.45, 7) is 6.23. The Hall–Kier alpha value is -1.88. The van der Waals surface area contributed by atoms with E-state index in [2.05, 4.69) is 25.8 Å². The van der Waals surface area contributed by atoms with Crippen LogP contribution in [0.5, 0.6) is 5.75 Å². The molecule has 0 bridgehead atoms. The summed E-state index contributed by atoms with van der Waals surface area (Å²) >= 11 is 1.46. The maximum absolute atomic E-state index is 7.72. The monoisotopic (exact) mass is 289 g/mol. The number of methoxy groups -OCH3 is 1. The summed E-state index contributed by atoms with van der Waals surface area (Å²) in [7, 11) is 1.64. The van der Waals surface area contributed by atoms with Crippen molar-refractivity contribution in [3.05, 3.63) is 34.8 Å². The molecule has 20 heavy (non-hydrogen) atoms. The van der Waals surface area contributed by atoms with Crippen LogP contribution >= 0.6 is 11.3 Å². The molecule has 0 amide bonds. The molecule has 106 valence electrons. The van der Waals surface area contributed by atoms with Crippen LogP contribution in [0.2, 0.25) is 0 Å². The molecule has 5 heteroatoms. The van der Waals surface area contributed by atoms with E-state index >= 15 is 0 Å². The van der Waals surface area contributed by atoms with Gasteiger partial charge >= 0.3 is 0 Å². The van der Waals surface area contributed by atoms with Gasteiger partial charge in [-0.25, -0.2) is 4.98 Å². The number of ether oxygens (including phenoxy) is 1. The molecule has 0 radical (unpaired) electrons.